The molecule has 0 spiro atoms. The number of rotatable bonds is 6. The molecule has 1 unspecified atom stereocenters. The number of para-hydroxylation sites is 1. The number of benzene rings is 2. The van der Waals surface area contributed by atoms with E-state index in [-0.39, 0.29) is 11.7 Å². The van der Waals surface area contributed by atoms with Gasteiger partial charge in [-0.05, 0) is 38.2 Å². The second-order valence-electron chi connectivity index (χ2n) is 6.42. The third-order valence-electron chi connectivity index (χ3n) is 4.51. The average molecular weight is 395 g/mol. The van der Waals surface area contributed by atoms with Crippen LogP contribution in [0, 0.1) is 10.1 Å². The zero-order valence-corrected chi connectivity index (χ0v) is 16.1. The van der Waals surface area contributed by atoms with Crippen LogP contribution in [0.15, 0.2) is 52.9 Å². The Labute approximate surface area is 164 Å². The first-order chi connectivity index (χ1) is 13.5. The highest BCUT2D eigenvalue weighted by atomic mass is 32.1. The summed E-state index contributed by atoms with van der Waals surface area (Å²) >= 11 is 1.67. The van der Waals surface area contributed by atoms with Crippen LogP contribution in [0.25, 0.3) is 21.7 Å². The maximum atomic E-state index is 10.8. The standard InChI is InChI=1S/C19H17N5O3S/c1-12(23(2)11-17-20-15-5-3-4-6-16(15)28-17)18-21-22-19(27-18)13-7-9-14(10-8-13)24(25)26/h3-10,12H,11H2,1-2H3. The van der Waals surface area contributed by atoms with Crippen molar-refractivity contribution >= 4 is 27.2 Å². The fourth-order valence-electron chi connectivity index (χ4n) is 2.77. The van der Waals surface area contributed by atoms with Gasteiger partial charge in [0.2, 0.25) is 11.8 Å². The van der Waals surface area contributed by atoms with Crippen LogP contribution in [0.3, 0.4) is 0 Å². The average Bonchev–Trinajstić information content (AvgIpc) is 3.34. The first-order valence-electron chi connectivity index (χ1n) is 8.64. The summed E-state index contributed by atoms with van der Waals surface area (Å²) in [6, 6.07) is 14.0. The number of nitrogens with zero attached hydrogens (tertiary/aromatic N) is 5. The molecule has 0 N–H and O–H groups in total. The Kier molecular flexibility index (Phi) is 4.84. The van der Waals surface area contributed by atoms with Crippen LogP contribution in [-0.2, 0) is 6.54 Å². The van der Waals surface area contributed by atoms with Crippen LogP contribution < -0.4 is 0 Å². The molecular formula is C19H17N5O3S. The van der Waals surface area contributed by atoms with Gasteiger partial charge >= 0.3 is 0 Å². The summed E-state index contributed by atoms with van der Waals surface area (Å²) in [5, 5.41) is 20.0. The zero-order valence-electron chi connectivity index (χ0n) is 15.3. The van der Waals surface area contributed by atoms with Crippen molar-refractivity contribution in [3.63, 3.8) is 0 Å². The molecule has 4 aromatic rings. The zero-order chi connectivity index (χ0) is 19.7. The van der Waals surface area contributed by atoms with E-state index in [1.165, 1.54) is 12.1 Å². The summed E-state index contributed by atoms with van der Waals surface area (Å²) in [5.74, 6) is 0.821. The fourth-order valence-corrected chi connectivity index (χ4v) is 3.80. The van der Waals surface area contributed by atoms with E-state index in [2.05, 4.69) is 26.1 Å². The molecule has 8 nitrogen and oxygen atoms in total. The van der Waals surface area contributed by atoms with Crippen LogP contribution in [0.5, 0.6) is 0 Å². The van der Waals surface area contributed by atoms with E-state index in [4.69, 9.17) is 4.42 Å². The predicted molar refractivity (Wildman–Crippen MR) is 106 cm³/mol. The number of nitro groups is 1. The van der Waals surface area contributed by atoms with Crippen molar-refractivity contribution in [2.75, 3.05) is 7.05 Å². The molecule has 4 rings (SSSR count). The third-order valence-corrected chi connectivity index (χ3v) is 5.53. The molecule has 0 radical (unpaired) electrons. The molecule has 28 heavy (non-hydrogen) atoms. The van der Waals surface area contributed by atoms with Crippen molar-refractivity contribution < 1.29 is 9.34 Å². The normalized spacial score (nSPS) is 12.5. The number of fused-ring (bicyclic) bond motifs is 1. The Morgan fingerprint density at radius 3 is 2.64 bits per heavy atom. The lowest BCUT2D eigenvalue weighted by atomic mass is 10.2. The third kappa shape index (κ3) is 3.62. The van der Waals surface area contributed by atoms with Gasteiger partial charge in [0.1, 0.15) is 5.01 Å². The minimum absolute atomic E-state index is 0.0208. The molecule has 0 bridgehead atoms. The fraction of sp³-hybridized carbons (Fsp3) is 0.211. The molecule has 0 fully saturated rings. The number of aromatic nitrogens is 3. The minimum Gasteiger partial charge on any atom is -0.419 e. The van der Waals surface area contributed by atoms with Gasteiger partial charge in [0.25, 0.3) is 5.69 Å². The molecule has 9 heteroatoms. The Morgan fingerprint density at radius 1 is 1.18 bits per heavy atom. The van der Waals surface area contributed by atoms with E-state index < -0.39 is 4.92 Å². The van der Waals surface area contributed by atoms with Gasteiger partial charge in [-0.3, -0.25) is 15.0 Å². The molecule has 2 aromatic carbocycles. The molecule has 0 aliphatic rings. The molecule has 2 aromatic heterocycles. The number of non-ortho nitro benzene ring substituents is 1. The maximum absolute atomic E-state index is 10.8. The Balaban J connectivity index is 1.48. The van der Waals surface area contributed by atoms with Gasteiger partial charge in [-0.2, -0.15) is 0 Å². The van der Waals surface area contributed by atoms with Crippen LogP contribution >= 0.6 is 11.3 Å². The SMILES string of the molecule is CC(c1nnc(-c2ccc([N+](=O)[O-])cc2)o1)N(C)Cc1nc2ccccc2s1. The van der Waals surface area contributed by atoms with E-state index in [9.17, 15) is 10.1 Å². The largest absolute Gasteiger partial charge is 0.419 e. The van der Waals surface area contributed by atoms with Crippen molar-refractivity contribution in [3.05, 3.63) is 69.5 Å². The lowest BCUT2D eigenvalue weighted by Gasteiger charge is -2.20. The van der Waals surface area contributed by atoms with Gasteiger partial charge in [-0.25, -0.2) is 4.98 Å². The van der Waals surface area contributed by atoms with Crippen molar-refractivity contribution in [2.45, 2.75) is 19.5 Å². The summed E-state index contributed by atoms with van der Waals surface area (Å²) in [6.45, 7) is 2.65. The molecule has 1 atom stereocenters. The molecular weight excluding hydrogens is 378 g/mol. The van der Waals surface area contributed by atoms with Crippen LogP contribution in [0.2, 0.25) is 0 Å². The molecule has 0 saturated heterocycles. The van der Waals surface area contributed by atoms with Gasteiger partial charge in [0.05, 0.1) is 27.7 Å². The molecule has 0 aliphatic heterocycles. The summed E-state index contributed by atoms with van der Waals surface area (Å²) in [6.07, 6.45) is 0. The van der Waals surface area contributed by atoms with Gasteiger partial charge in [-0.1, -0.05) is 12.1 Å². The highest BCUT2D eigenvalue weighted by Gasteiger charge is 2.20. The number of thiazole rings is 1. The Hall–Kier alpha value is -3.17. The maximum Gasteiger partial charge on any atom is 0.269 e. The lowest BCUT2D eigenvalue weighted by Crippen LogP contribution is -2.22. The topological polar surface area (TPSA) is 98.2 Å². The summed E-state index contributed by atoms with van der Waals surface area (Å²) in [7, 11) is 1.98. The number of hydrogen-bond donors (Lipinski definition) is 0. The Bertz CT molecular complexity index is 1090. The van der Waals surface area contributed by atoms with Crippen molar-refractivity contribution in [1.82, 2.24) is 20.1 Å². The van der Waals surface area contributed by atoms with Gasteiger partial charge in [0, 0.05) is 17.7 Å². The van der Waals surface area contributed by atoms with E-state index in [1.54, 1.807) is 23.5 Å². The molecule has 142 valence electrons. The van der Waals surface area contributed by atoms with Crippen molar-refractivity contribution in [3.8, 4) is 11.5 Å². The first kappa shape index (κ1) is 18.2. The van der Waals surface area contributed by atoms with E-state index in [0.717, 1.165) is 15.2 Å². The number of nitro benzene ring substituents is 1. The van der Waals surface area contributed by atoms with Crippen LogP contribution in [-0.4, -0.2) is 32.1 Å². The van der Waals surface area contributed by atoms with Crippen molar-refractivity contribution in [2.24, 2.45) is 0 Å². The first-order valence-corrected chi connectivity index (χ1v) is 9.46. The second kappa shape index (κ2) is 7.45. The van der Waals surface area contributed by atoms with Gasteiger partial charge in [-0.15, -0.1) is 21.5 Å². The second-order valence-corrected chi connectivity index (χ2v) is 7.53. The summed E-state index contributed by atoms with van der Waals surface area (Å²) in [4.78, 5) is 17.1. The summed E-state index contributed by atoms with van der Waals surface area (Å²) in [5.41, 5.74) is 1.67. The molecule has 0 amide bonds. The quantitative estimate of drug-likeness (QED) is 0.351. The monoisotopic (exact) mass is 395 g/mol. The predicted octanol–water partition coefficient (Wildman–Crippen LogP) is 4.45. The molecule has 0 aliphatic carbocycles. The molecule has 0 saturated carbocycles. The molecule has 2 heterocycles. The van der Waals surface area contributed by atoms with Gasteiger partial charge in [0.15, 0.2) is 0 Å². The highest BCUT2D eigenvalue weighted by molar-refractivity contribution is 7.18. The van der Waals surface area contributed by atoms with E-state index in [0.29, 0.717) is 23.9 Å². The van der Waals surface area contributed by atoms with Crippen LogP contribution in [0.4, 0.5) is 5.69 Å². The minimum atomic E-state index is -0.442. The van der Waals surface area contributed by atoms with E-state index >= 15 is 0 Å². The Morgan fingerprint density at radius 2 is 1.93 bits per heavy atom. The lowest BCUT2D eigenvalue weighted by molar-refractivity contribution is -0.384. The smallest absolute Gasteiger partial charge is 0.269 e. The summed E-state index contributed by atoms with van der Waals surface area (Å²) < 4.78 is 6.96. The van der Waals surface area contributed by atoms with Crippen LogP contribution in [0.1, 0.15) is 23.9 Å². The van der Waals surface area contributed by atoms with E-state index in [1.807, 2.05) is 32.2 Å². The van der Waals surface area contributed by atoms with Crippen molar-refractivity contribution in [1.29, 1.82) is 0 Å². The highest BCUT2D eigenvalue weighted by Crippen LogP contribution is 2.27. The van der Waals surface area contributed by atoms with Gasteiger partial charge < -0.3 is 4.42 Å². The number of hydrogen-bond acceptors (Lipinski definition) is 8.